The van der Waals surface area contributed by atoms with Crippen molar-refractivity contribution in [3.63, 3.8) is 0 Å². The highest BCUT2D eigenvalue weighted by molar-refractivity contribution is 5.82. The molecular formula is C13H17N5O. The van der Waals surface area contributed by atoms with Crippen molar-refractivity contribution < 1.29 is 4.74 Å². The van der Waals surface area contributed by atoms with Crippen LogP contribution in [0.25, 0.3) is 0 Å². The zero-order chi connectivity index (χ0) is 14.1. The molecule has 0 saturated carbocycles. The maximum Gasteiger partial charge on any atom is 0.209 e. The minimum Gasteiger partial charge on any atom is -0.494 e. The van der Waals surface area contributed by atoms with Gasteiger partial charge in [-0.3, -0.25) is 5.41 Å². The third-order valence-electron chi connectivity index (χ3n) is 2.25. The van der Waals surface area contributed by atoms with E-state index in [-0.39, 0.29) is 12.4 Å². The number of benzene rings is 1. The molecule has 0 unspecified atom stereocenters. The highest BCUT2D eigenvalue weighted by Gasteiger charge is 2.02. The lowest BCUT2D eigenvalue weighted by molar-refractivity contribution is 0.340. The van der Waals surface area contributed by atoms with Crippen LogP contribution in [-0.4, -0.2) is 30.3 Å². The molecule has 0 radical (unpaired) electrons. The van der Waals surface area contributed by atoms with Gasteiger partial charge in [-0.25, -0.2) is 5.01 Å². The van der Waals surface area contributed by atoms with Crippen LogP contribution in [0.4, 0.5) is 0 Å². The number of nitrogens with two attached hydrogens (primary N) is 1. The molecule has 3 N–H and O–H groups in total. The standard InChI is InChI=1S/C13H17N5O/c1-2-19-12-6-4-11(5-7-12)10-17-18(13(15)16)9-3-8-14/h4-7,10H,2-3,9H2,1H3,(H3,15,16)/b17-10+. The van der Waals surface area contributed by atoms with E-state index in [0.717, 1.165) is 11.3 Å². The van der Waals surface area contributed by atoms with E-state index in [2.05, 4.69) is 5.10 Å². The molecule has 0 spiro atoms. The Labute approximate surface area is 112 Å². The maximum absolute atomic E-state index is 8.51. The Morgan fingerprint density at radius 3 is 2.74 bits per heavy atom. The Morgan fingerprint density at radius 1 is 1.53 bits per heavy atom. The van der Waals surface area contributed by atoms with Crippen molar-refractivity contribution in [2.45, 2.75) is 13.3 Å². The summed E-state index contributed by atoms with van der Waals surface area (Å²) in [6, 6.07) is 9.40. The van der Waals surface area contributed by atoms with Crippen LogP contribution in [0.2, 0.25) is 0 Å². The number of nitrogens with zero attached hydrogens (tertiary/aromatic N) is 3. The summed E-state index contributed by atoms with van der Waals surface area (Å²) in [6.45, 7) is 2.86. The fourth-order valence-electron chi connectivity index (χ4n) is 1.35. The van der Waals surface area contributed by atoms with Crippen LogP contribution in [0.15, 0.2) is 29.4 Å². The molecule has 100 valence electrons. The quantitative estimate of drug-likeness (QED) is 0.459. The van der Waals surface area contributed by atoms with Crippen molar-refractivity contribution in [3.05, 3.63) is 29.8 Å². The van der Waals surface area contributed by atoms with Crippen LogP contribution in [0.3, 0.4) is 0 Å². The summed E-state index contributed by atoms with van der Waals surface area (Å²) in [4.78, 5) is 0. The molecule has 0 saturated heterocycles. The van der Waals surface area contributed by atoms with Gasteiger partial charge in [0.2, 0.25) is 5.96 Å². The van der Waals surface area contributed by atoms with Crippen LogP contribution < -0.4 is 10.5 Å². The molecule has 0 bridgehead atoms. The van der Waals surface area contributed by atoms with Crippen molar-refractivity contribution in [2.75, 3.05) is 13.2 Å². The number of rotatable bonds is 6. The summed E-state index contributed by atoms with van der Waals surface area (Å²) in [6.07, 6.45) is 1.86. The van der Waals surface area contributed by atoms with Gasteiger partial charge in [0.15, 0.2) is 0 Å². The number of nitriles is 1. The van der Waals surface area contributed by atoms with Gasteiger partial charge in [-0.1, -0.05) is 0 Å². The van der Waals surface area contributed by atoms with Crippen molar-refractivity contribution in [1.82, 2.24) is 5.01 Å². The first kappa shape index (κ1) is 14.5. The average Bonchev–Trinajstić information content (AvgIpc) is 2.40. The minimum atomic E-state index is -0.183. The molecule has 6 heteroatoms. The van der Waals surface area contributed by atoms with Gasteiger partial charge in [0, 0.05) is 0 Å². The number of hydrazone groups is 1. The zero-order valence-electron chi connectivity index (χ0n) is 10.8. The lowest BCUT2D eigenvalue weighted by Gasteiger charge is -2.14. The van der Waals surface area contributed by atoms with Crippen molar-refractivity contribution in [1.29, 1.82) is 10.7 Å². The van der Waals surface area contributed by atoms with E-state index in [4.69, 9.17) is 21.1 Å². The Balaban J connectivity index is 2.67. The molecule has 0 aliphatic carbocycles. The molecular weight excluding hydrogens is 242 g/mol. The SMILES string of the molecule is CCOc1ccc(/C=N/N(CCC#N)C(=N)N)cc1. The van der Waals surface area contributed by atoms with Gasteiger partial charge in [0.1, 0.15) is 5.75 Å². The normalized spacial score (nSPS) is 10.1. The van der Waals surface area contributed by atoms with Gasteiger partial charge >= 0.3 is 0 Å². The third-order valence-corrected chi connectivity index (χ3v) is 2.25. The molecule has 0 amide bonds. The molecule has 1 aromatic rings. The van der Waals surface area contributed by atoms with Gasteiger partial charge < -0.3 is 10.5 Å². The zero-order valence-corrected chi connectivity index (χ0v) is 10.8. The second kappa shape index (κ2) is 7.71. The second-order valence-electron chi connectivity index (χ2n) is 3.66. The summed E-state index contributed by atoms with van der Waals surface area (Å²) < 4.78 is 5.33. The molecule has 19 heavy (non-hydrogen) atoms. The monoisotopic (exact) mass is 259 g/mol. The van der Waals surface area contributed by atoms with E-state index >= 15 is 0 Å². The first-order chi connectivity index (χ1) is 9.17. The Morgan fingerprint density at radius 2 is 2.21 bits per heavy atom. The van der Waals surface area contributed by atoms with Crippen LogP contribution in [-0.2, 0) is 0 Å². The van der Waals surface area contributed by atoms with E-state index in [9.17, 15) is 0 Å². The first-order valence-electron chi connectivity index (χ1n) is 5.92. The highest BCUT2D eigenvalue weighted by atomic mass is 16.5. The molecule has 0 aromatic heterocycles. The summed E-state index contributed by atoms with van der Waals surface area (Å²) >= 11 is 0. The van der Waals surface area contributed by atoms with Crippen molar-refractivity contribution in [2.24, 2.45) is 10.8 Å². The van der Waals surface area contributed by atoms with Gasteiger partial charge in [0.05, 0.1) is 31.9 Å². The molecule has 0 atom stereocenters. The molecule has 1 rings (SSSR count). The summed E-state index contributed by atoms with van der Waals surface area (Å²) in [5, 5.41) is 21.2. The maximum atomic E-state index is 8.51. The predicted molar refractivity (Wildman–Crippen MR) is 74.1 cm³/mol. The molecule has 0 fully saturated rings. The summed E-state index contributed by atoms with van der Waals surface area (Å²) in [5.41, 5.74) is 6.24. The van der Waals surface area contributed by atoms with E-state index < -0.39 is 0 Å². The van der Waals surface area contributed by atoms with Crippen LogP contribution in [0, 0.1) is 16.7 Å². The van der Waals surface area contributed by atoms with E-state index in [1.807, 2.05) is 37.3 Å². The van der Waals surface area contributed by atoms with Crippen LogP contribution in [0.1, 0.15) is 18.9 Å². The smallest absolute Gasteiger partial charge is 0.209 e. The largest absolute Gasteiger partial charge is 0.494 e. The fourth-order valence-corrected chi connectivity index (χ4v) is 1.35. The molecule has 6 nitrogen and oxygen atoms in total. The van der Waals surface area contributed by atoms with Gasteiger partial charge in [-0.15, -0.1) is 0 Å². The lowest BCUT2D eigenvalue weighted by Crippen LogP contribution is -2.32. The average molecular weight is 259 g/mol. The molecule has 0 aliphatic rings. The number of hydrogen-bond acceptors (Lipinski definition) is 4. The topological polar surface area (TPSA) is 98.5 Å². The Kier molecular flexibility index (Phi) is 5.89. The van der Waals surface area contributed by atoms with Crippen molar-refractivity contribution >= 4 is 12.2 Å². The summed E-state index contributed by atoms with van der Waals surface area (Å²) in [7, 11) is 0. The van der Waals surface area contributed by atoms with Gasteiger partial charge in [0.25, 0.3) is 0 Å². The summed E-state index contributed by atoms with van der Waals surface area (Å²) in [5.74, 6) is 0.616. The Bertz CT molecular complexity index is 475. The lowest BCUT2D eigenvalue weighted by atomic mass is 10.2. The first-order valence-corrected chi connectivity index (χ1v) is 5.92. The van der Waals surface area contributed by atoms with E-state index in [1.54, 1.807) is 6.21 Å². The molecule has 0 heterocycles. The highest BCUT2D eigenvalue weighted by Crippen LogP contribution is 2.10. The number of nitrogens with one attached hydrogen (secondary N) is 1. The van der Waals surface area contributed by atoms with Crippen molar-refractivity contribution in [3.8, 4) is 11.8 Å². The number of guanidine groups is 1. The van der Waals surface area contributed by atoms with E-state index in [0.29, 0.717) is 13.2 Å². The Hall–Kier alpha value is -2.55. The van der Waals surface area contributed by atoms with E-state index in [1.165, 1.54) is 5.01 Å². The number of hydrogen-bond donors (Lipinski definition) is 2. The van der Waals surface area contributed by atoms with Crippen LogP contribution in [0.5, 0.6) is 5.75 Å². The van der Waals surface area contributed by atoms with Crippen LogP contribution >= 0.6 is 0 Å². The van der Waals surface area contributed by atoms with Gasteiger partial charge in [-0.2, -0.15) is 10.4 Å². The van der Waals surface area contributed by atoms with Gasteiger partial charge in [-0.05, 0) is 36.8 Å². The predicted octanol–water partition coefficient (Wildman–Crippen LogP) is 1.53. The third kappa shape index (κ3) is 5.08. The molecule has 0 aliphatic heterocycles. The fraction of sp³-hybridized carbons (Fsp3) is 0.308. The molecule has 1 aromatic carbocycles. The minimum absolute atomic E-state index is 0.183. The number of ether oxygens (including phenoxy) is 1. The second-order valence-corrected chi connectivity index (χ2v) is 3.66.